The molecule has 3 N–H and O–H groups in total. The summed E-state index contributed by atoms with van der Waals surface area (Å²) in [5.74, 6) is 0.136. The Morgan fingerprint density at radius 3 is 2.50 bits per heavy atom. The van der Waals surface area contributed by atoms with E-state index >= 15 is 0 Å². The van der Waals surface area contributed by atoms with Gasteiger partial charge < -0.3 is 0 Å². The van der Waals surface area contributed by atoms with Crippen LogP contribution in [0.5, 0.6) is 0 Å². The minimum absolute atomic E-state index is 0.0194. The number of nitrogens with zero attached hydrogens (tertiary/aromatic N) is 2. The summed E-state index contributed by atoms with van der Waals surface area (Å²) >= 11 is 0. The molecule has 0 aliphatic rings. The summed E-state index contributed by atoms with van der Waals surface area (Å²) in [5, 5.41) is 14.3. The number of aromatic nitrogens is 2. The average Bonchev–Trinajstić information content (AvgIpc) is 2.38. The molecule has 9 heteroatoms. The van der Waals surface area contributed by atoms with E-state index in [-0.39, 0.29) is 11.5 Å². The highest BCUT2D eigenvalue weighted by Gasteiger charge is 2.02. The molecule has 0 amide bonds. The number of hydrogen-bond acceptors (Lipinski definition) is 6. The monoisotopic (exact) mass is 275 g/mol. The number of nitrogens with one attached hydrogen (secondary N) is 3. The van der Waals surface area contributed by atoms with E-state index in [4.69, 9.17) is 0 Å². The highest BCUT2D eigenvalue weighted by Crippen LogP contribution is 2.10. The van der Waals surface area contributed by atoms with Crippen LogP contribution < -0.4 is 16.7 Å². The lowest BCUT2D eigenvalue weighted by Gasteiger charge is -1.98. The van der Waals surface area contributed by atoms with Crippen molar-refractivity contribution in [3.05, 3.63) is 66.8 Å². The Kier molecular flexibility index (Phi) is 3.70. The molecule has 2 rings (SSSR count). The lowest BCUT2D eigenvalue weighted by molar-refractivity contribution is -0.384. The fourth-order valence-corrected chi connectivity index (χ4v) is 1.39. The molecule has 0 spiro atoms. The summed E-state index contributed by atoms with van der Waals surface area (Å²) in [6.07, 6.45) is 1.39. The number of hydrazone groups is 1. The summed E-state index contributed by atoms with van der Waals surface area (Å²) < 4.78 is 0. The number of hydrogen-bond donors (Lipinski definition) is 3. The molecule has 0 radical (unpaired) electrons. The SMILES string of the molecule is O=c1cc(N/N=C/c2ccc([N+](=O)[O-])cc2)[nH]c(=O)[nH]1. The lowest BCUT2D eigenvalue weighted by Crippen LogP contribution is -2.22. The maximum absolute atomic E-state index is 11.0. The van der Waals surface area contributed by atoms with E-state index < -0.39 is 16.2 Å². The summed E-state index contributed by atoms with van der Waals surface area (Å²) in [7, 11) is 0. The van der Waals surface area contributed by atoms with Crippen LogP contribution in [-0.4, -0.2) is 21.1 Å². The summed E-state index contributed by atoms with van der Waals surface area (Å²) in [4.78, 5) is 36.3. The zero-order valence-corrected chi connectivity index (χ0v) is 9.99. The van der Waals surface area contributed by atoms with Crippen LogP contribution in [0.4, 0.5) is 11.5 Å². The average molecular weight is 275 g/mol. The molecule has 0 atom stereocenters. The van der Waals surface area contributed by atoms with Crippen molar-refractivity contribution in [1.82, 2.24) is 9.97 Å². The molecular formula is C11H9N5O4. The predicted octanol–water partition coefficient (Wildman–Crippen LogP) is 0.417. The van der Waals surface area contributed by atoms with Crippen LogP contribution >= 0.6 is 0 Å². The first-order valence-corrected chi connectivity index (χ1v) is 5.42. The van der Waals surface area contributed by atoms with E-state index in [0.717, 1.165) is 6.07 Å². The van der Waals surface area contributed by atoms with Gasteiger partial charge in [-0.3, -0.25) is 30.3 Å². The van der Waals surface area contributed by atoms with Gasteiger partial charge in [-0.05, 0) is 17.7 Å². The van der Waals surface area contributed by atoms with Crippen molar-refractivity contribution in [2.75, 3.05) is 5.43 Å². The zero-order valence-electron chi connectivity index (χ0n) is 9.99. The standard InChI is InChI=1S/C11H9N5O4/c17-10-5-9(13-11(18)14-10)15-12-6-7-1-3-8(4-2-7)16(19)20/h1-6H,(H3,13,14,15,17,18)/b12-6+. The molecule has 1 heterocycles. The van der Waals surface area contributed by atoms with Gasteiger partial charge >= 0.3 is 5.69 Å². The lowest BCUT2D eigenvalue weighted by atomic mass is 10.2. The molecule has 0 saturated carbocycles. The van der Waals surface area contributed by atoms with Crippen molar-refractivity contribution in [2.45, 2.75) is 0 Å². The van der Waals surface area contributed by atoms with Crippen LogP contribution in [0, 0.1) is 10.1 Å². The van der Waals surface area contributed by atoms with Crippen LogP contribution in [0.1, 0.15) is 5.56 Å². The Hall–Kier alpha value is -3.23. The van der Waals surface area contributed by atoms with E-state index in [1.54, 1.807) is 0 Å². The van der Waals surface area contributed by atoms with Gasteiger partial charge in [0.1, 0.15) is 5.82 Å². The second-order valence-corrected chi connectivity index (χ2v) is 3.72. The first-order valence-electron chi connectivity index (χ1n) is 5.42. The first kappa shape index (κ1) is 13.2. The summed E-state index contributed by atoms with van der Waals surface area (Å²) in [5.41, 5.74) is 1.87. The number of non-ortho nitro benzene ring substituents is 1. The highest BCUT2D eigenvalue weighted by atomic mass is 16.6. The van der Waals surface area contributed by atoms with Crippen LogP contribution in [0.2, 0.25) is 0 Å². The van der Waals surface area contributed by atoms with Crippen LogP contribution in [0.3, 0.4) is 0 Å². The second-order valence-electron chi connectivity index (χ2n) is 3.72. The van der Waals surface area contributed by atoms with E-state index in [2.05, 4.69) is 15.5 Å². The smallest absolute Gasteiger partial charge is 0.292 e. The van der Waals surface area contributed by atoms with Crippen molar-refractivity contribution >= 4 is 17.7 Å². The van der Waals surface area contributed by atoms with Crippen LogP contribution in [0.25, 0.3) is 0 Å². The number of aromatic amines is 2. The molecule has 1 aromatic carbocycles. The Morgan fingerprint density at radius 2 is 1.90 bits per heavy atom. The predicted molar refractivity (Wildman–Crippen MR) is 72.0 cm³/mol. The minimum Gasteiger partial charge on any atom is -0.292 e. The van der Waals surface area contributed by atoms with Crippen molar-refractivity contribution in [3.8, 4) is 0 Å². The van der Waals surface area contributed by atoms with Crippen molar-refractivity contribution in [3.63, 3.8) is 0 Å². The molecule has 9 nitrogen and oxygen atoms in total. The van der Waals surface area contributed by atoms with Gasteiger partial charge in [0.15, 0.2) is 0 Å². The van der Waals surface area contributed by atoms with Crippen molar-refractivity contribution in [2.24, 2.45) is 5.10 Å². The van der Waals surface area contributed by atoms with Crippen molar-refractivity contribution < 1.29 is 4.92 Å². The zero-order chi connectivity index (χ0) is 14.5. The first-order chi connectivity index (χ1) is 9.54. The molecule has 0 saturated heterocycles. The number of nitro benzene ring substituents is 1. The molecule has 0 bridgehead atoms. The molecule has 1 aromatic heterocycles. The number of rotatable bonds is 4. The van der Waals surface area contributed by atoms with Gasteiger partial charge in [-0.15, -0.1) is 0 Å². The van der Waals surface area contributed by atoms with E-state index in [9.17, 15) is 19.7 Å². The number of H-pyrrole nitrogens is 2. The number of nitro groups is 1. The Balaban J connectivity index is 2.08. The van der Waals surface area contributed by atoms with Gasteiger partial charge in [0, 0.05) is 18.2 Å². The topological polar surface area (TPSA) is 133 Å². The Labute approximate surface area is 111 Å². The largest absolute Gasteiger partial charge is 0.327 e. The highest BCUT2D eigenvalue weighted by molar-refractivity contribution is 5.80. The third kappa shape index (κ3) is 3.38. The normalized spacial score (nSPS) is 10.6. The van der Waals surface area contributed by atoms with E-state index in [1.165, 1.54) is 30.5 Å². The molecular weight excluding hydrogens is 266 g/mol. The van der Waals surface area contributed by atoms with Gasteiger partial charge in [-0.1, -0.05) is 0 Å². The van der Waals surface area contributed by atoms with Gasteiger partial charge in [-0.25, -0.2) is 4.79 Å². The molecule has 0 fully saturated rings. The maximum Gasteiger partial charge on any atom is 0.327 e. The van der Waals surface area contributed by atoms with Crippen LogP contribution in [0.15, 0.2) is 45.0 Å². The van der Waals surface area contributed by atoms with Crippen LogP contribution in [-0.2, 0) is 0 Å². The Bertz CT molecular complexity index is 731. The Morgan fingerprint density at radius 1 is 1.20 bits per heavy atom. The summed E-state index contributed by atoms with van der Waals surface area (Å²) in [6.45, 7) is 0. The van der Waals surface area contributed by atoms with E-state index in [0.29, 0.717) is 5.56 Å². The molecule has 0 aliphatic heterocycles. The molecule has 2 aromatic rings. The minimum atomic E-state index is -0.648. The fraction of sp³-hybridized carbons (Fsp3) is 0. The van der Waals surface area contributed by atoms with Gasteiger partial charge in [0.2, 0.25) is 0 Å². The van der Waals surface area contributed by atoms with Gasteiger partial charge in [-0.2, -0.15) is 5.10 Å². The van der Waals surface area contributed by atoms with Gasteiger partial charge in [0.25, 0.3) is 11.2 Å². The third-order valence-corrected chi connectivity index (χ3v) is 2.26. The molecule has 102 valence electrons. The third-order valence-electron chi connectivity index (χ3n) is 2.26. The molecule has 0 aliphatic carbocycles. The number of benzene rings is 1. The van der Waals surface area contributed by atoms with Crippen molar-refractivity contribution in [1.29, 1.82) is 0 Å². The van der Waals surface area contributed by atoms with E-state index in [1.807, 2.05) is 4.98 Å². The molecule has 0 unspecified atom stereocenters. The fourth-order valence-electron chi connectivity index (χ4n) is 1.39. The molecule has 20 heavy (non-hydrogen) atoms. The quantitative estimate of drug-likeness (QED) is 0.422. The summed E-state index contributed by atoms with van der Waals surface area (Å²) in [6, 6.07) is 6.86. The number of anilines is 1. The van der Waals surface area contributed by atoms with Gasteiger partial charge in [0.05, 0.1) is 11.1 Å². The maximum atomic E-state index is 11.0. The second kappa shape index (κ2) is 5.61.